The molecule has 0 bridgehead atoms. The summed E-state index contributed by atoms with van der Waals surface area (Å²) in [4.78, 5) is 13.8. The number of hydrogen-bond donors (Lipinski definition) is 1. The largest absolute Gasteiger partial charge is 0.375 e. The van der Waals surface area contributed by atoms with E-state index < -0.39 is 0 Å². The lowest BCUT2D eigenvalue weighted by atomic mass is 10.1. The van der Waals surface area contributed by atoms with Crippen LogP contribution in [0.4, 0.5) is 0 Å². The molecule has 0 spiro atoms. The predicted octanol–water partition coefficient (Wildman–Crippen LogP) is 1.07. The highest BCUT2D eigenvalue weighted by Gasteiger charge is 2.21. The smallest absolute Gasteiger partial charge is 0.248 e. The molecule has 4 nitrogen and oxygen atoms in total. The maximum atomic E-state index is 11.9. The zero-order chi connectivity index (χ0) is 13.5. The molecule has 2 rings (SSSR count). The summed E-state index contributed by atoms with van der Waals surface area (Å²) >= 11 is 0. The molecule has 1 aliphatic heterocycles. The van der Waals surface area contributed by atoms with Gasteiger partial charge in [0.25, 0.3) is 0 Å². The van der Waals surface area contributed by atoms with Crippen LogP contribution in [-0.2, 0) is 16.0 Å². The van der Waals surface area contributed by atoms with Crippen molar-refractivity contribution in [3.8, 4) is 0 Å². The molecule has 0 radical (unpaired) electrons. The first-order chi connectivity index (χ1) is 9.29. The summed E-state index contributed by atoms with van der Waals surface area (Å²) in [6, 6.07) is 10.7. The third kappa shape index (κ3) is 4.33. The fourth-order valence-corrected chi connectivity index (χ4v) is 2.47. The van der Waals surface area contributed by atoms with E-state index in [0.717, 1.165) is 32.5 Å². The number of nitrogens with one attached hydrogen (secondary N) is 1. The number of carbonyl (C=O) groups excluding carboxylic acids is 1. The van der Waals surface area contributed by atoms with Gasteiger partial charge in [0.15, 0.2) is 0 Å². The molecule has 1 aromatic carbocycles. The molecule has 1 aromatic rings. The Kier molecular flexibility index (Phi) is 5.36. The zero-order valence-corrected chi connectivity index (χ0v) is 11.5. The molecule has 1 fully saturated rings. The number of carbonyl (C=O) groups is 1. The standard InChI is InChI=1S/C15H22N2O2/c1-19-12-15(18)17-9-5-8-16-14(11-17)10-13-6-3-2-4-7-13/h2-4,6-7,14,16H,5,8-12H2,1H3. The summed E-state index contributed by atoms with van der Waals surface area (Å²) < 4.78 is 4.94. The molecular weight excluding hydrogens is 240 g/mol. The molecule has 0 aliphatic carbocycles. The molecule has 0 saturated carbocycles. The number of ether oxygens (including phenoxy) is 1. The second-order valence-corrected chi connectivity index (χ2v) is 4.97. The normalized spacial score (nSPS) is 20.1. The van der Waals surface area contributed by atoms with Crippen LogP contribution in [0.1, 0.15) is 12.0 Å². The molecule has 1 atom stereocenters. The lowest BCUT2D eigenvalue weighted by Crippen LogP contribution is -2.42. The van der Waals surface area contributed by atoms with Crippen LogP contribution in [0.3, 0.4) is 0 Å². The van der Waals surface area contributed by atoms with Crippen LogP contribution in [0.5, 0.6) is 0 Å². The van der Waals surface area contributed by atoms with Gasteiger partial charge in [-0.3, -0.25) is 4.79 Å². The lowest BCUT2D eigenvalue weighted by molar-refractivity contribution is -0.135. The van der Waals surface area contributed by atoms with Crippen molar-refractivity contribution in [2.75, 3.05) is 33.4 Å². The van der Waals surface area contributed by atoms with Crippen LogP contribution in [0.25, 0.3) is 0 Å². The maximum absolute atomic E-state index is 11.9. The van der Waals surface area contributed by atoms with Crippen molar-refractivity contribution in [3.05, 3.63) is 35.9 Å². The van der Waals surface area contributed by atoms with Gasteiger partial charge >= 0.3 is 0 Å². The minimum atomic E-state index is 0.0873. The number of benzene rings is 1. The number of methoxy groups -OCH3 is 1. The molecule has 1 aliphatic rings. The average molecular weight is 262 g/mol. The quantitative estimate of drug-likeness (QED) is 0.882. The van der Waals surface area contributed by atoms with Crippen LogP contribution in [0.2, 0.25) is 0 Å². The fourth-order valence-electron chi connectivity index (χ4n) is 2.47. The van der Waals surface area contributed by atoms with Crippen molar-refractivity contribution in [1.29, 1.82) is 0 Å². The van der Waals surface area contributed by atoms with Gasteiger partial charge in [0, 0.05) is 26.2 Å². The van der Waals surface area contributed by atoms with Gasteiger partial charge in [0.05, 0.1) is 0 Å². The van der Waals surface area contributed by atoms with E-state index in [2.05, 4.69) is 29.6 Å². The van der Waals surface area contributed by atoms with Crippen LogP contribution in [-0.4, -0.2) is 50.2 Å². The first kappa shape index (κ1) is 14.0. The van der Waals surface area contributed by atoms with Gasteiger partial charge in [-0.2, -0.15) is 0 Å². The average Bonchev–Trinajstić information content (AvgIpc) is 2.66. The Morgan fingerprint density at radius 1 is 1.42 bits per heavy atom. The highest BCUT2D eigenvalue weighted by molar-refractivity contribution is 5.77. The van der Waals surface area contributed by atoms with Gasteiger partial charge < -0.3 is 15.0 Å². The number of rotatable bonds is 4. The van der Waals surface area contributed by atoms with Crippen LogP contribution >= 0.6 is 0 Å². The van der Waals surface area contributed by atoms with Crippen LogP contribution < -0.4 is 5.32 Å². The molecule has 19 heavy (non-hydrogen) atoms. The van der Waals surface area contributed by atoms with Crippen molar-refractivity contribution in [2.24, 2.45) is 0 Å². The third-order valence-corrected chi connectivity index (χ3v) is 3.42. The highest BCUT2D eigenvalue weighted by atomic mass is 16.5. The Morgan fingerprint density at radius 3 is 2.95 bits per heavy atom. The molecule has 0 aromatic heterocycles. The second kappa shape index (κ2) is 7.26. The fraction of sp³-hybridized carbons (Fsp3) is 0.533. The molecule has 4 heteroatoms. The first-order valence-electron chi connectivity index (χ1n) is 6.83. The lowest BCUT2D eigenvalue weighted by Gasteiger charge is -2.24. The Hall–Kier alpha value is -1.39. The SMILES string of the molecule is COCC(=O)N1CCCNC(Cc2ccccc2)C1. The molecule has 1 N–H and O–H groups in total. The van der Waals surface area contributed by atoms with Crippen molar-refractivity contribution in [3.63, 3.8) is 0 Å². The number of nitrogens with zero attached hydrogens (tertiary/aromatic N) is 1. The van der Waals surface area contributed by atoms with E-state index in [0.29, 0.717) is 6.04 Å². The summed E-state index contributed by atoms with van der Waals surface area (Å²) in [5, 5.41) is 3.52. The predicted molar refractivity (Wildman–Crippen MR) is 75.0 cm³/mol. The summed E-state index contributed by atoms with van der Waals surface area (Å²) in [6.07, 6.45) is 1.96. The molecular formula is C15H22N2O2. The summed E-state index contributed by atoms with van der Waals surface area (Å²) in [5.41, 5.74) is 1.31. The molecule has 1 saturated heterocycles. The van der Waals surface area contributed by atoms with E-state index in [-0.39, 0.29) is 12.5 Å². The number of hydrogen-bond acceptors (Lipinski definition) is 3. The van der Waals surface area contributed by atoms with Crippen molar-refractivity contribution in [2.45, 2.75) is 18.9 Å². The van der Waals surface area contributed by atoms with Gasteiger partial charge in [0.1, 0.15) is 6.61 Å². The van der Waals surface area contributed by atoms with Crippen molar-refractivity contribution in [1.82, 2.24) is 10.2 Å². The minimum Gasteiger partial charge on any atom is -0.375 e. The Balaban J connectivity index is 1.94. The zero-order valence-electron chi connectivity index (χ0n) is 11.5. The van der Waals surface area contributed by atoms with Crippen LogP contribution in [0.15, 0.2) is 30.3 Å². The molecule has 1 amide bonds. The van der Waals surface area contributed by atoms with E-state index >= 15 is 0 Å². The second-order valence-electron chi connectivity index (χ2n) is 4.97. The monoisotopic (exact) mass is 262 g/mol. The maximum Gasteiger partial charge on any atom is 0.248 e. The third-order valence-electron chi connectivity index (χ3n) is 3.42. The van der Waals surface area contributed by atoms with Gasteiger partial charge in [-0.15, -0.1) is 0 Å². The highest BCUT2D eigenvalue weighted by Crippen LogP contribution is 2.08. The van der Waals surface area contributed by atoms with E-state index in [1.807, 2.05) is 11.0 Å². The number of amides is 1. The van der Waals surface area contributed by atoms with Gasteiger partial charge in [-0.25, -0.2) is 0 Å². The van der Waals surface area contributed by atoms with E-state index in [1.54, 1.807) is 7.11 Å². The molecule has 104 valence electrons. The summed E-state index contributed by atoms with van der Waals surface area (Å²) in [5.74, 6) is 0.0873. The van der Waals surface area contributed by atoms with Gasteiger partial charge in [-0.05, 0) is 24.9 Å². The minimum absolute atomic E-state index is 0.0873. The van der Waals surface area contributed by atoms with E-state index in [4.69, 9.17) is 4.74 Å². The van der Waals surface area contributed by atoms with Crippen molar-refractivity contribution >= 4 is 5.91 Å². The molecule has 1 heterocycles. The Labute approximate surface area is 114 Å². The van der Waals surface area contributed by atoms with Crippen LogP contribution in [0, 0.1) is 0 Å². The van der Waals surface area contributed by atoms with Gasteiger partial charge in [0.2, 0.25) is 5.91 Å². The van der Waals surface area contributed by atoms with E-state index in [9.17, 15) is 4.79 Å². The van der Waals surface area contributed by atoms with E-state index in [1.165, 1.54) is 5.56 Å². The van der Waals surface area contributed by atoms with Gasteiger partial charge in [-0.1, -0.05) is 30.3 Å². The summed E-state index contributed by atoms with van der Waals surface area (Å²) in [6.45, 7) is 2.73. The van der Waals surface area contributed by atoms with Crippen molar-refractivity contribution < 1.29 is 9.53 Å². The Morgan fingerprint density at radius 2 is 2.21 bits per heavy atom. The summed E-state index contributed by atoms with van der Waals surface area (Å²) in [7, 11) is 1.56. The topological polar surface area (TPSA) is 41.6 Å². The first-order valence-corrected chi connectivity index (χ1v) is 6.83. The Bertz CT molecular complexity index is 394. The molecule has 1 unspecified atom stereocenters.